The van der Waals surface area contributed by atoms with E-state index in [1.165, 1.54) is 18.2 Å². The van der Waals surface area contributed by atoms with Crippen LogP contribution in [-0.2, 0) is 14.8 Å². The van der Waals surface area contributed by atoms with E-state index < -0.39 is 21.3 Å². The molecule has 1 amide bonds. The topological polar surface area (TPSA) is 66.5 Å². The van der Waals surface area contributed by atoms with E-state index in [1.807, 2.05) is 20.8 Å². The fourth-order valence-electron chi connectivity index (χ4n) is 2.65. The van der Waals surface area contributed by atoms with E-state index in [2.05, 4.69) is 4.72 Å². The summed E-state index contributed by atoms with van der Waals surface area (Å²) >= 11 is 0. The summed E-state index contributed by atoms with van der Waals surface area (Å²) in [5.41, 5.74) is -0.497. The summed E-state index contributed by atoms with van der Waals surface area (Å²) in [6.07, 6.45) is 1.39. The van der Waals surface area contributed by atoms with Crippen molar-refractivity contribution in [1.29, 1.82) is 0 Å². The molecule has 1 heterocycles. The van der Waals surface area contributed by atoms with E-state index >= 15 is 0 Å². The first-order valence-electron chi connectivity index (χ1n) is 7.67. The molecule has 1 N–H and O–H groups in total. The van der Waals surface area contributed by atoms with Gasteiger partial charge in [0.15, 0.2) is 0 Å². The monoisotopic (exact) mass is 342 g/mol. The van der Waals surface area contributed by atoms with Gasteiger partial charge in [0, 0.05) is 24.5 Å². The second-order valence-corrected chi connectivity index (χ2v) is 8.63. The lowest BCUT2D eigenvalue weighted by Gasteiger charge is -2.36. The molecule has 1 fully saturated rings. The van der Waals surface area contributed by atoms with Gasteiger partial charge in [-0.05, 0) is 31.0 Å². The van der Waals surface area contributed by atoms with Gasteiger partial charge in [0.25, 0.3) is 0 Å². The number of halogens is 1. The van der Waals surface area contributed by atoms with Gasteiger partial charge in [0.05, 0.1) is 4.90 Å². The molecule has 1 aromatic carbocycles. The standard InChI is InChI=1S/C16H23FN2O3S/c1-16(2,3)15(20)19-9-5-7-13(11-19)18-23(21,22)14-8-4-6-12(17)10-14/h4,6,8,10,13,18H,5,7,9,11H2,1-3H3. The lowest BCUT2D eigenvalue weighted by atomic mass is 9.93. The Morgan fingerprint density at radius 3 is 2.65 bits per heavy atom. The Morgan fingerprint density at radius 1 is 1.35 bits per heavy atom. The Bertz CT molecular complexity index is 683. The van der Waals surface area contributed by atoms with Crippen LogP contribution in [0.2, 0.25) is 0 Å². The predicted molar refractivity (Wildman–Crippen MR) is 85.8 cm³/mol. The van der Waals surface area contributed by atoms with Crippen LogP contribution in [-0.4, -0.2) is 38.4 Å². The van der Waals surface area contributed by atoms with Gasteiger partial charge in [-0.1, -0.05) is 26.8 Å². The minimum absolute atomic E-state index is 0.00662. The zero-order valence-corrected chi connectivity index (χ0v) is 14.5. The summed E-state index contributed by atoms with van der Waals surface area (Å²) in [5.74, 6) is -0.590. The highest BCUT2D eigenvalue weighted by Gasteiger charge is 2.32. The Morgan fingerprint density at radius 2 is 2.04 bits per heavy atom. The second-order valence-electron chi connectivity index (χ2n) is 6.92. The first-order chi connectivity index (χ1) is 10.6. The Kier molecular flexibility index (Phi) is 5.10. The van der Waals surface area contributed by atoms with Crippen molar-refractivity contribution in [1.82, 2.24) is 9.62 Å². The van der Waals surface area contributed by atoms with Gasteiger partial charge in [-0.3, -0.25) is 4.79 Å². The fraction of sp³-hybridized carbons (Fsp3) is 0.562. The zero-order valence-electron chi connectivity index (χ0n) is 13.7. The number of benzene rings is 1. The molecule has 5 nitrogen and oxygen atoms in total. The summed E-state index contributed by atoms with van der Waals surface area (Å²) in [7, 11) is -3.79. The molecular weight excluding hydrogens is 319 g/mol. The molecule has 128 valence electrons. The first kappa shape index (κ1) is 17.9. The number of nitrogens with zero attached hydrogens (tertiary/aromatic N) is 1. The van der Waals surface area contributed by atoms with E-state index in [9.17, 15) is 17.6 Å². The molecule has 2 rings (SSSR count). The summed E-state index contributed by atoms with van der Waals surface area (Å²) in [6.45, 7) is 6.50. The second kappa shape index (κ2) is 6.57. The minimum atomic E-state index is -3.79. The maximum absolute atomic E-state index is 13.2. The third-order valence-corrected chi connectivity index (χ3v) is 5.30. The number of nitrogens with one attached hydrogen (secondary N) is 1. The van der Waals surface area contributed by atoms with Crippen molar-refractivity contribution in [3.8, 4) is 0 Å². The van der Waals surface area contributed by atoms with Crippen LogP contribution in [0.5, 0.6) is 0 Å². The maximum atomic E-state index is 13.2. The van der Waals surface area contributed by atoms with Gasteiger partial charge in [-0.15, -0.1) is 0 Å². The van der Waals surface area contributed by atoms with Crippen molar-refractivity contribution in [2.45, 2.75) is 44.6 Å². The lowest BCUT2D eigenvalue weighted by Crippen LogP contribution is -2.52. The highest BCUT2D eigenvalue weighted by Crippen LogP contribution is 2.22. The number of hydrogen-bond acceptors (Lipinski definition) is 3. The van der Waals surface area contributed by atoms with Gasteiger partial charge < -0.3 is 4.90 Å². The van der Waals surface area contributed by atoms with Crippen molar-refractivity contribution in [3.63, 3.8) is 0 Å². The van der Waals surface area contributed by atoms with Crippen molar-refractivity contribution in [3.05, 3.63) is 30.1 Å². The van der Waals surface area contributed by atoms with Crippen molar-refractivity contribution < 1.29 is 17.6 Å². The van der Waals surface area contributed by atoms with E-state index in [1.54, 1.807) is 4.90 Å². The van der Waals surface area contributed by atoms with Crippen molar-refractivity contribution in [2.75, 3.05) is 13.1 Å². The van der Waals surface area contributed by atoms with Crippen LogP contribution in [0.1, 0.15) is 33.6 Å². The number of piperidine rings is 1. The largest absolute Gasteiger partial charge is 0.341 e. The molecule has 1 atom stereocenters. The fourth-order valence-corrected chi connectivity index (χ4v) is 3.95. The third kappa shape index (κ3) is 4.51. The zero-order chi connectivity index (χ0) is 17.3. The van der Waals surface area contributed by atoms with Crippen LogP contribution >= 0.6 is 0 Å². The molecule has 1 aliphatic rings. The quantitative estimate of drug-likeness (QED) is 0.915. The normalized spacial score (nSPS) is 19.7. The minimum Gasteiger partial charge on any atom is -0.341 e. The molecular formula is C16H23FN2O3S. The van der Waals surface area contributed by atoms with Gasteiger partial charge >= 0.3 is 0 Å². The number of amides is 1. The molecule has 1 unspecified atom stereocenters. The molecule has 1 aliphatic heterocycles. The van der Waals surface area contributed by atoms with Gasteiger partial charge in [-0.2, -0.15) is 0 Å². The number of carbonyl (C=O) groups excluding carboxylic acids is 1. The van der Waals surface area contributed by atoms with Crippen LogP contribution in [0.25, 0.3) is 0 Å². The number of carbonyl (C=O) groups is 1. The molecule has 0 bridgehead atoms. The van der Waals surface area contributed by atoms with E-state index in [-0.39, 0.29) is 16.8 Å². The Balaban J connectivity index is 2.09. The van der Waals surface area contributed by atoms with Crippen LogP contribution in [0, 0.1) is 11.2 Å². The number of hydrogen-bond donors (Lipinski definition) is 1. The maximum Gasteiger partial charge on any atom is 0.240 e. The van der Waals surface area contributed by atoms with Gasteiger partial charge in [0.1, 0.15) is 5.82 Å². The Hall–Kier alpha value is -1.47. The average Bonchev–Trinajstić information content (AvgIpc) is 2.45. The van der Waals surface area contributed by atoms with Crippen LogP contribution in [0.3, 0.4) is 0 Å². The summed E-state index contributed by atoms with van der Waals surface area (Å²) in [5, 5.41) is 0. The molecule has 0 aromatic heterocycles. The van der Waals surface area contributed by atoms with Gasteiger partial charge in [-0.25, -0.2) is 17.5 Å². The number of rotatable bonds is 3. The average molecular weight is 342 g/mol. The predicted octanol–water partition coefficient (Wildman–Crippen LogP) is 2.14. The molecule has 23 heavy (non-hydrogen) atoms. The SMILES string of the molecule is CC(C)(C)C(=O)N1CCCC(NS(=O)(=O)c2cccc(F)c2)C1. The van der Waals surface area contributed by atoms with E-state index in [0.717, 1.165) is 12.5 Å². The van der Waals surface area contributed by atoms with E-state index in [0.29, 0.717) is 19.5 Å². The van der Waals surface area contributed by atoms with Crippen LogP contribution in [0.15, 0.2) is 29.2 Å². The molecule has 0 aliphatic carbocycles. The van der Waals surface area contributed by atoms with E-state index in [4.69, 9.17) is 0 Å². The molecule has 0 spiro atoms. The number of likely N-dealkylation sites (tertiary alicyclic amines) is 1. The van der Waals surface area contributed by atoms with Crippen molar-refractivity contribution in [2.24, 2.45) is 5.41 Å². The Labute approximate surface area is 136 Å². The summed E-state index contributed by atoms with van der Waals surface area (Å²) in [4.78, 5) is 13.9. The lowest BCUT2D eigenvalue weighted by molar-refractivity contribution is -0.140. The number of sulfonamides is 1. The smallest absolute Gasteiger partial charge is 0.240 e. The molecule has 0 radical (unpaired) electrons. The molecule has 0 saturated carbocycles. The first-order valence-corrected chi connectivity index (χ1v) is 9.15. The summed E-state index contributed by atoms with van der Waals surface area (Å²) < 4.78 is 40.5. The third-order valence-electron chi connectivity index (χ3n) is 3.78. The highest BCUT2D eigenvalue weighted by atomic mass is 32.2. The van der Waals surface area contributed by atoms with Crippen LogP contribution in [0.4, 0.5) is 4.39 Å². The highest BCUT2D eigenvalue weighted by molar-refractivity contribution is 7.89. The molecule has 1 aromatic rings. The molecule has 1 saturated heterocycles. The van der Waals surface area contributed by atoms with Gasteiger partial charge in [0.2, 0.25) is 15.9 Å². The van der Waals surface area contributed by atoms with Crippen molar-refractivity contribution >= 4 is 15.9 Å². The molecule has 7 heteroatoms. The summed E-state index contributed by atoms with van der Waals surface area (Å²) in [6, 6.07) is 4.54. The van der Waals surface area contributed by atoms with Crippen LogP contribution < -0.4 is 4.72 Å².